The smallest absolute Gasteiger partial charge is 0.132 e. The number of halogens is 1. The van der Waals surface area contributed by atoms with Gasteiger partial charge in [0.05, 0.1) is 12.0 Å². The molecule has 0 saturated carbocycles. The van der Waals surface area contributed by atoms with Gasteiger partial charge in [0.2, 0.25) is 0 Å². The highest BCUT2D eigenvalue weighted by molar-refractivity contribution is 7.99. The van der Waals surface area contributed by atoms with Crippen LogP contribution in [0, 0.1) is 5.82 Å². The molecule has 0 spiro atoms. The summed E-state index contributed by atoms with van der Waals surface area (Å²) in [7, 11) is 1.65. The van der Waals surface area contributed by atoms with Crippen LogP contribution in [0.2, 0.25) is 0 Å². The van der Waals surface area contributed by atoms with Gasteiger partial charge >= 0.3 is 0 Å². The molecule has 2 aromatic rings. The second kappa shape index (κ2) is 6.77. The molecule has 4 heteroatoms. The van der Waals surface area contributed by atoms with Crippen molar-refractivity contribution in [1.82, 2.24) is 0 Å². The number of ether oxygens (including phenoxy) is 1. The highest BCUT2D eigenvalue weighted by Crippen LogP contribution is 2.36. The van der Waals surface area contributed by atoms with Gasteiger partial charge in [0.15, 0.2) is 0 Å². The number of para-hydroxylation sites is 1. The van der Waals surface area contributed by atoms with Crippen molar-refractivity contribution in [2.24, 2.45) is 5.73 Å². The minimum absolute atomic E-state index is 0.00572. The van der Waals surface area contributed by atoms with Gasteiger partial charge in [0.25, 0.3) is 0 Å². The molecule has 2 nitrogen and oxygen atoms in total. The Morgan fingerprint density at radius 3 is 2.65 bits per heavy atom. The molecule has 0 saturated heterocycles. The van der Waals surface area contributed by atoms with E-state index in [1.807, 2.05) is 31.2 Å². The first-order valence-electron chi connectivity index (χ1n) is 6.45. The van der Waals surface area contributed by atoms with Crippen LogP contribution >= 0.6 is 11.8 Å². The lowest BCUT2D eigenvalue weighted by Gasteiger charge is -2.13. The monoisotopic (exact) mass is 291 g/mol. The SMILES string of the molecule is COc1ccccc1Sc1ccc(F)cc1CC(C)N. The van der Waals surface area contributed by atoms with Gasteiger partial charge in [-0.1, -0.05) is 23.9 Å². The Bertz CT molecular complexity index is 586. The van der Waals surface area contributed by atoms with Crippen molar-refractivity contribution in [3.8, 4) is 5.75 Å². The molecule has 2 N–H and O–H groups in total. The van der Waals surface area contributed by atoms with Gasteiger partial charge in [-0.2, -0.15) is 0 Å². The third kappa shape index (κ3) is 3.74. The molecule has 2 rings (SSSR count). The van der Waals surface area contributed by atoms with Gasteiger partial charge in [-0.05, 0) is 49.2 Å². The lowest BCUT2D eigenvalue weighted by molar-refractivity contribution is 0.405. The Kier molecular flexibility index (Phi) is 5.04. The van der Waals surface area contributed by atoms with Crippen LogP contribution < -0.4 is 10.5 Å². The zero-order valence-corrected chi connectivity index (χ0v) is 12.4. The molecule has 106 valence electrons. The Morgan fingerprint density at radius 1 is 1.20 bits per heavy atom. The highest BCUT2D eigenvalue weighted by atomic mass is 32.2. The first-order chi connectivity index (χ1) is 9.60. The van der Waals surface area contributed by atoms with Crippen LogP contribution in [0.5, 0.6) is 5.75 Å². The maximum Gasteiger partial charge on any atom is 0.132 e. The summed E-state index contributed by atoms with van der Waals surface area (Å²) in [5, 5.41) is 0. The first kappa shape index (κ1) is 14.9. The van der Waals surface area contributed by atoms with Gasteiger partial charge in [-0.3, -0.25) is 0 Å². The van der Waals surface area contributed by atoms with Crippen molar-refractivity contribution in [3.05, 3.63) is 53.8 Å². The van der Waals surface area contributed by atoms with E-state index >= 15 is 0 Å². The van der Waals surface area contributed by atoms with Crippen LogP contribution in [0.1, 0.15) is 12.5 Å². The molecule has 20 heavy (non-hydrogen) atoms. The van der Waals surface area contributed by atoms with Crippen LogP contribution in [-0.2, 0) is 6.42 Å². The molecule has 0 aliphatic carbocycles. The summed E-state index contributed by atoms with van der Waals surface area (Å²) < 4.78 is 18.7. The van der Waals surface area contributed by atoms with Crippen molar-refractivity contribution in [2.45, 2.75) is 29.2 Å². The molecule has 0 fully saturated rings. The lowest BCUT2D eigenvalue weighted by atomic mass is 10.1. The van der Waals surface area contributed by atoms with Crippen LogP contribution in [0.4, 0.5) is 4.39 Å². The number of hydrogen-bond acceptors (Lipinski definition) is 3. The van der Waals surface area contributed by atoms with Gasteiger partial charge in [0, 0.05) is 10.9 Å². The van der Waals surface area contributed by atoms with Gasteiger partial charge < -0.3 is 10.5 Å². The fourth-order valence-electron chi connectivity index (χ4n) is 1.98. The molecule has 2 aromatic carbocycles. The van der Waals surface area contributed by atoms with E-state index in [2.05, 4.69) is 0 Å². The van der Waals surface area contributed by atoms with Crippen LogP contribution in [0.15, 0.2) is 52.3 Å². The Balaban J connectivity index is 2.33. The first-order valence-corrected chi connectivity index (χ1v) is 7.26. The largest absolute Gasteiger partial charge is 0.496 e. The number of rotatable bonds is 5. The molecule has 1 atom stereocenters. The summed E-state index contributed by atoms with van der Waals surface area (Å²) in [6.07, 6.45) is 0.648. The summed E-state index contributed by atoms with van der Waals surface area (Å²) in [5.41, 5.74) is 6.76. The van der Waals surface area contributed by atoms with Gasteiger partial charge in [-0.15, -0.1) is 0 Å². The van der Waals surface area contributed by atoms with Crippen molar-refractivity contribution in [3.63, 3.8) is 0 Å². The molecule has 0 amide bonds. The molecule has 0 aliphatic heterocycles. The molecule has 0 aliphatic rings. The molecule has 0 radical (unpaired) electrons. The Morgan fingerprint density at radius 2 is 1.95 bits per heavy atom. The summed E-state index contributed by atoms with van der Waals surface area (Å²) >= 11 is 1.57. The van der Waals surface area contributed by atoms with Crippen LogP contribution in [-0.4, -0.2) is 13.2 Å². The lowest BCUT2D eigenvalue weighted by Crippen LogP contribution is -2.18. The van der Waals surface area contributed by atoms with E-state index in [-0.39, 0.29) is 11.9 Å². The van der Waals surface area contributed by atoms with E-state index in [1.165, 1.54) is 6.07 Å². The molecule has 0 heterocycles. The fraction of sp³-hybridized carbons (Fsp3) is 0.250. The second-order valence-electron chi connectivity index (χ2n) is 4.69. The molecule has 1 unspecified atom stereocenters. The number of hydrogen-bond donors (Lipinski definition) is 1. The zero-order chi connectivity index (χ0) is 14.5. The normalized spacial score (nSPS) is 12.2. The number of nitrogens with two attached hydrogens (primary N) is 1. The highest BCUT2D eigenvalue weighted by Gasteiger charge is 2.10. The van der Waals surface area contributed by atoms with Gasteiger partial charge in [0.1, 0.15) is 11.6 Å². The molecule has 0 bridgehead atoms. The summed E-state index contributed by atoms with van der Waals surface area (Å²) in [5.74, 6) is 0.582. The fourth-order valence-corrected chi connectivity index (χ4v) is 3.02. The second-order valence-corrected chi connectivity index (χ2v) is 5.77. The summed E-state index contributed by atoms with van der Waals surface area (Å²) in [6.45, 7) is 1.92. The molecule has 0 aromatic heterocycles. The average molecular weight is 291 g/mol. The van der Waals surface area contributed by atoms with Crippen LogP contribution in [0.3, 0.4) is 0 Å². The topological polar surface area (TPSA) is 35.2 Å². The van der Waals surface area contributed by atoms with E-state index in [9.17, 15) is 4.39 Å². The van der Waals surface area contributed by atoms with E-state index in [0.29, 0.717) is 6.42 Å². The van der Waals surface area contributed by atoms with Crippen molar-refractivity contribution < 1.29 is 9.13 Å². The molecular formula is C16H18FNOS. The van der Waals surface area contributed by atoms with Crippen molar-refractivity contribution >= 4 is 11.8 Å². The zero-order valence-electron chi connectivity index (χ0n) is 11.6. The summed E-state index contributed by atoms with van der Waals surface area (Å²) in [4.78, 5) is 2.01. The number of benzene rings is 2. The minimum atomic E-state index is -0.231. The number of methoxy groups -OCH3 is 1. The van der Waals surface area contributed by atoms with Crippen molar-refractivity contribution in [2.75, 3.05) is 7.11 Å². The van der Waals surface area contributed by atoms with Gasteiger partial charge in [-0.25, -0.2) is 4.39 Å². The Hall–Kier alpha value is -1.52. The average Bonchev–Trinajstić information content (AvgIpc) is 2.42. The maximum atomic E-state index is 13.4. The Labute approximate surface area is 123 Å². The maximum absolute atomic E-state index is 13.4. The van der Waals surface area contributed by atoms with E-state index in [0.717, 1.165) is 21.1 Å². The quantitative estimate of drug-likeness (QED) is 0.908. The predicted molar refractivity (Wildman–Crippen MR) is 80.9 cm³/mol. The third-order valence-electron chi connectivity index (χ3n) is 2.85. The van der Waals surface area contributed by atoms with E-state index < -0.39 is 0 Å². The minimum Gasteiger partial charge on any atom is -0.496 e. The van der Waals surface area contributed by atoms with E-state index in [1.54, 1.807) is 31.0 Å². The standard InChI is InChI=1S/C16H18FNOS/c1-11(18)9-12-10-13(17)7-8-15(12)20-16-6-4-3-5-14(16)19-2/h3-8,10-11H,9,18H2,1-2H3. The van der Waals surface area contributed by atoms with Crippen molar-refractivity contribution in [1.29, 1.82) is 0 Å². The summed E-state index contributed by atoms with van der Waals surface area (Å²) in [6, 6.07) is 12.6. The van der Waals surface area contributed by atoms with Crippen LogP contribution in [0.25, 0.3) is 0 Å². The van der Waals surface area contributed by atoms with E-state index in [4.69, 9.17) is 10.5 Å². The predicted octanol–water partition coefficient (Wildman–Crippen LogP) is 3.88. The molecular weight excluding hydrogens is 273 g/mol. The third-order valence-corrected chi connectivity index (χ3v) is 4.03.